The summed E-state index contributed by atoms with van der Waals surface area (Å²) in [7, 11) is 0. The fourth-order valence-electron chi connectivity index (χ4n) is 3.40. The Morgan fingerprint density at radius 2 is 1.00 bits per heavy atom. The zero-order chi connectivity index (χ0) is 14.1. The molecular weight excluding hydrogens is 280 g/mol. The Morgan fingerprint density at radius 3 is 1.38 bits per heavy atom. The van der Waals surface area contributed by atoms with E-state index < -0.39 is 5.66 Å². The Morgan fingerprint density at radius 1 is 0.619 bits per heavy atom. The molecule has 1 aliphatic rings. The molecule has 21 heavy (non-hydrogen) atoms. The van der Waals surface area contributed by atoms with Gasteiger partial charge in [-0.05, 0) is 36.8 Å². The summed E-state index contributed by atoms with van der Waals surface area (Å²) in [4.78, 5) is 0. The van der Waals surface area contributed by atoms with Crippen molar-refractivity contribution in [2.75, 3.05) is 0 Å². The highest BCUT2D eigenvalue weighted by atomic mass is 35.5. The molecule has 0 unspecified atom stereocenters. The highest BCUT2D eigenvalue weighted by Crippen LogP contribution is 2.45. The van der Waals surface area contributed by atoms with E-state index in [9.17, 15) is 0 Å². The fourth-order valence-corrected chi connectivity index (χ4v) is 3.40. The SMILES string of the molecule is Cl.NC1(N)CCC(c2ccccc2)(c2ccccc2)CC1. The first kappa shape index (κ1) is 16.0. The van der Waals surface area contributed by atoms with Gasteiger partial charge in [0.15, 0.2) is 0 Å². The molecular formula is C18H23ClN2. The first-order chi connectivity index (χ1) is 9.62. The van der Waals surface area contributed by atoms with Gasteiger partial charge in [-0.2, -0.15) is 0 Å². The van der Waals surface area contributed by atoms with Gasteiger partial charge in [-0.1, -0.05) is 60.7 Å². The number of nitrogens with two attached hydrogens (primary N) is 2. The fraction of sp³-hybridized carbons (Fsp3) is 0.333. The number of benzene rings is 2. The van der Waals surface area contributed by atoms with Crippen molar-refractivity contribution in [3.8, 4) is 0 Å². The summed E-state index contributed by atoms with van der Waals surface area (Å²) < 4.78 is 0. The van der Waals surface area contributed by atoms with E-state index in [0.29, 0.717) is 0 Å². The molecule has 3 rings (SSSR count). The maximum atomic E-state index is 6.13. The second-order valence-corrected chi connectivity index (χ2v) is 6.05. The van der Waals surface area contributed by atoms with Gasteiger partial charge in [0.1, 0.15) is 0 Å². The lowest BCUT2D eigenvalue weighted by atomic mass is 9.63. The van der Waals surface area contributed by atoms with Crippen molar-refractivity contribution in [2.24, 2.45) is 11.5 Å². The van der Waals surface area contributed by atoms with Gasteiger partial charge in [-0.25, -0.2) is 0 Å². The Kier molecular flexibility index (Phi) is 4.72. The molecule has 0 aliphatic heterocycles. The normalized spacial score (nSPS) is 19.5. The molecule has 0 spiro atoms. The van der Waals surface area contributed by atoms with Crippen LogP contribution in [-0.2, 0) is 5.41 Å². The predicted molar refractivity (Wildman–Crippen MR) is 90.5 cm³/mol. The first-order valence-electron chi connectivity index (χ1n) is 7.31. The third-order valence-electron chi connectivity index (χ3n) is 4.69. The van der Waals surface area contributed by atoms with E-state index >= 15 is 0 Å². The van der Waals surface area contributed by atoms with Crippen LogP contribution < -0.4 is 11.5 Å². The monoisotopic (exact) mass is 302 g/mol. The molecule has 0 heterocycles. The zero-order valence-electron chi connectivity index (χ0n) is 12.2. The van der Waals surface area contributed by atoms with Crippen molar-refractivity contribution in [1.82, 2.24) is 0 Å². The van der Waals surface area contributed by atoms with Gasteiger partial charge < -0.3 is 11.5 Å². The highest BCUT2D eigenvalue weighted by molar-refractivity contribution is 5.85. The van der Waals surface area contributed by atoms with Gasteiger partial charge in [0.25, 0.3) is 0 Å². The van der Waals surface area contributed by atoms with Crippen molar-refractivity contribution in [1.29, 1.82) is 0 Å². The third kappa shape index (κ3) is 3.13. The van der Waals surface area contributed by atoms with E-state index in [1.54, 1.807) is 0 Å². The molecule has 0 amide bonds. The van der Waals surface area contributed by atoms with Crippen molar-refractivity contribution >= 4 is 12.4 Å². The first-order valence-corrected chi connectivity index (χ1v) is 7.31. The zero-order valence-corrected chi connectivity index (χ0v) is 13.0. The van der Waals surface area contributed by atoms with Gasteiger partial charge in [-0.3, -0.25) is 0 Å². The van der Waals surface area contributed by atoms with Crippen LogP contribution in [0.2, 0.25) is 0 Å². The number of rotatable bonds is 2. The van der Waals surface area contributed by atoms with Crippen LogP contribution in [-0.4, -0.2) is 5.66 Å². The smallest absolute Gasteiger partial charge is 0.0637 e. The largest absolute Gasteiger partial charge is 0.313 e. The second-order valence-electron chi connectivity index (χ2n) is 6.05. The summed E-state index contributed by atoms with van der Waals surface area (Å²) in [5, 5.41) is 0. The van der Waals surface area contributed by atoms with Crippen LogP contribution in [0.25, 0.3) is 0 Å². The average Bonchev–Trinajstić information content (AvgIpc) is 2.50. The quantitative estimate of drug-likeness (QED) is 0.833. The number of hydrogen-bond acceptors (Lipinski definition) is 2. The molecule has 3 heteroatoms. The van der Waals surface area contributed by atoms with Gasteiger partial charge in [-0.15, -0.1) is 12.4 Å². The summed E-state index contributed by atoms with van der Waals surface area (Å²) in [6.07, 6.45) is 3.73. The Hall–Kier alpha value is -1.35. The van der Waals surface area contributed by atoms with E-state index in [1.165, 1.54) is 11.1 Å². The minimum Gasteiger partial charge on any atom is -0.313 e. The van der Waals surface area contributed by atoms with Crippen LogP contribution in [0.4, 0.5) is 0 Å². The lowest BCUT2D eigenvalue weighted by Crippen LogP contribution is -2.54. The minimum atomic E-state index is -0.507. The van der Waals surface area contributed by atoms with Gasteiger partial charge >= 0.3 is 0 Å². The molecule has 2 aromatic rings. The summed E-state index contributed by atoms with van der Waals surface area (Å²) in [6, 6.07) is 21.5. The molecule has 0 atom stereocenters. The lowest BCUT2D eigenvalue weighted by molar-refractivity contribution is 0.232. The van der Waals surface area contributed by atoms with Gasteiger partial charge in [0.2, 0.25) is 0 Å². The van der Waals surface area contributed by atoms with Crippen LogP contribution in [0.5, 0.6) is 0 Å². The van der Waals surface area contributed by atoms with Crippen LogP contribution in [0.15, 0.2) is 60.7 Å². The summed E-state index contributed by atoms with van der Waals surface area (Å²) in [5.41, 5.74) is 14.6. The Balaban J connectivity index is 0.00000161. The van der Waals surface area contributed by atoms with E-state index in [0.717, 1.165) is 25.7 Å². The van der Waals surface area contributed by atoms with E-state index in [4.69, 9.17) is 11.5 Å². The number of hydrogen-bond donors (Lipinski definition) is 2. The van der Waals surface area contributed by atoms with Crippen LogP contribution in [0, 0.1) is 0 Å². The van der Waals surface area contributed by atoms with Crippen molar-refractivity contribution in [3.63, 3.8) is 0 Å². The minimum absolute atomic E-state index is 0. The molecule has 0 saturated heterocycles. The molecule has 0 aromatic heterocycles. The van der Waals surface area contributed by atoms with Crippen molar-refractivity contribution < 1.29 is 0 Å². The molecule has 0 radical (unpaired) electrons. The molecule has 1 saturated carbocycles. The predicted octanol–water partition coefficient (Wildman–Crippen LogP) is 3.58. The highest BCUT2D eigenvalue weighted by Gasteiger charge is 2.41. The van der Waals surface area contributed by atoms with E-state index in [1.807, 2.05) is 0 Å². The van der Waals surface area contributed by atoms with Crippen LogP contribution in [0.1, 0.15) is 36.8 Å². The maximum absolute atomic E-state index is 6.13. The maximum Gasteiger partial charge on any atom is 0.0637 e. The molecule has 112 valence electrons. The summed E-state index contributed by atoms with van der Waals surface area (Å²) in [5.74, 6) is 0. The van der Waals surface area contributed by atoms with Crippen LogP contribution in [0.3, 0.4) is 0 Å². The molecule has 2 aromatic carbocycles. The molecule has 0 bridgehead atoms. The number of halogens is 1. The topological polar surface area (TPSA) is 52.0 Å². The summed E-state index contributed by atoms with van der Waals surface area (Å²) in [6.45, 7) is 0. The van der Waals surface area contributed by atoms with Gasteiger partial charge in [0, 0.05) is 5.41 Å². The van der Waals surface area contributed by atoms with E-state index in [-0.39, 0.29) is 17.8 Å². The lowest BCUT2D eigenvalue weighted by Gasteiger charge is -2.44. The Labute approximate surface area is 133 Å². The van der Waals surface area contributed by atoms with Crippen LogP contribution >= 0.6 is 12.4 Å². The average molecular weight is 303 g/mol. The second kappa shape index (κ2) is 6.18. The van der Waals surface area contributed by atoms with Gasteiger partial charge in [0.05, 0.1) is 5.66 Å². The third-order valence-corrected chi connectivity index (χ3v) is 4.69. The molecule has 1 aliphatic carbocycles. The van der Waals surface area contributed by atoms with Crippen molar-refractivity contribution in [2.45, 2.75) is 36.8 Å². The molecule has 1 fully saturated rings. The molecule has 2 nitrogen and oxygen atoms in total. The summed E-state index contributed by atoms with van der Waals surface area (Å²) >= 11 is 0. The van der Waals surface area contributed by atoms with E-state index in [2.05, 4.69) is 60.7 Å². The standard InChI is InChI=1S/C18H22N2.ClH/c19-18(20)13-11-17(12-14-18,15-7-3-1-4-8-15)16-9-5-2-6-10-16;/h1-10H,11-14,19-20H2;1H. The van der Waals surface area contributed by atoms with Crippen molar-refractivity contribution in [3.05, 3.63) is 71.8 Å². The molecule has 4 N–H and O–H groups in total. The Bertz CT molecular complexity index is 515.